The Bertz CT molecular complexity index is 363. The summed E-state index contributed by atoms with van der Waals surface area (Å²) in [7, 11) is 0. The monoisotopic (exact) mass is 205 g/mol. The quantitative estimate of drug-likeness (QED) is 0.692. The van der Waals surface area contributed by atoms with E-state index in [-0.39, 0.29) is 0 Å². The Kier molecular flexibility index (Phi) is 2.04. The van der Waals surface area contributed by atoms with Crippen molar-refractivity contribution < 1.29 is 9.21 Å². The second-order valence-corrected chi connectivity index (χ2v) is 4.62. The summed E-state index contributed by atoms with van der Waals surface area (Å²) in [6.45, 7) is 1.11. The highest BCUT2D eigenvalue weighted by molar-refractivity contribution is 5.71. The lowest BCUT2D eigenvalue weighted by atomic mass is 10.3. The minimum atomic E-state index is 0.437. The van der Waals surface area contributed by atoms with E-state index in [9.17, 15) is 4.79 Å². The standard InChI is InChI=1S/C12H15NO2/c14-8-11-5-6-12(15-11)13(10-3-4-10)7-9-1-2-9/h5-6,8-10H,1-4,7H2. The van der Waals surface area contributed by atoms with E-state index < -0.39 is 0 Å². The molecule has 0 aliphatic heterocycles. The minimum Gasteiger partial charge on any atom is -0.438 e. The molecule has 0 N–H and O–H groups in total. The van der Waals surface area contributed by atoms with E-state index in [0.29, 0.717) is 11.8 Å². The van der Waals surface area contributed by atoms with Crippen LogP contribution in [0.5, 0.6) is 0 Å². The predicted molar refractivity (Wildman–Crippen MR) is 57.2 cm³/mol. The Labute approximate surface area is 89.1 Å². The zero-order chi connectivity index (χ0) is 10.3. The molecule has 0 radical (unpaired) electrons. The van der Waals surface area contributed by atoms with Gasteiger partial charge in [-0.15, -0.1) is 0 Å². The summed E-state index contributed by atoms with van der Waals surface area (Å²) < 4.78 is 5.48. The van der Waals surface area contributed by atoms with Crippen LogP contribution >= 0.6 is 0 Å². The molecule has 80 valence electrons. The Morgan fingerprint density at radius 3 is 2.67 bits per heavy atom. The van der Waals surface area contributed by atoms with Gasteiger partial charge in [-0.3, -0.25) is 4.79 Å². The molecular weight excluding hydrogens is 190 g/mol. The molecule has 3 nitrogen and oxygen atoms in total. The normalized spacial score (nSPS) is 20.3. The lowest BCUT2D eigenvalue weighted by molar-refractivity contribution is 0.110. The molecule has 2 saturated carbocycles. The summed E-state index contributed by atoms with van der Waals surface area (Å²) in [4.78, 5) is 12.9. The Balaban J connectivity index is 1.76. The third-order valence-corrected chi connectivity index (χ3v) is 3.15. The maximum absolute atomic E-state index is 10.6. The summed E-state index contributed by atoms with van der Waals surface area (Å²) in [6, 6.07) is 4.34. The second-order valence-electron chi connectivity index (χ2n) is 4.62. The molecule has 0 spiro atoms. The van der Waals surface area contributed by atoms with E-state index in [4.69, 9.17) is 4.42 Å². The van der Waals surface area contributed by atoms with E-state index in [0.717, 1.165) is 24.6 Å². The second kappa shape index (κ2) is 3.40. The third kappa shape index (κ3) is 1.91. The van der Waals surface area contributed by atoms with Gasteiger partial charge < -0.3 is 9.32 Å². The van der Waals surface area contributed by atoms with Crippen molar-refractivity contribution in [3.63, 3.8) is 0 Å². The van der Waals surface area contributed by atoms with Crippen molar-refractivity contribution in [2.24, 2.45) is 5.92 Å². The topological polar surface area (TPSA) is 33.5 Å². The Morgan fingerprint density at radius 2 is 2.13 bits per heavy atom. The highest BCUT2D eigenvalue weighted by Crippen LogP contribution is 2.38. The minimum absolute atomic E-state index is 0.437. The molecule has 0 unspecified atom stereocenters. The van der Waals surface area contributed by atoms with Gasteiger partial charge in [0.15, 0.2) is 17.9 Å². The number of nitrogens with zero attached hydrogens (tertiary/aromatic N) is 1. The largest absolute Gasteiger partial charge is 0.438 e. The molecule has 0 amide bonds. The van der Waals surface area contributed by atoms with Gasteiger partial charge in [-0.25, -0.2) is 0 Å². The van der Waals surface area contributed by atoms with E-state index >= 15 is 0 Å². The first kappa shape index (κ1) is 9.01. The van der Waals surface area contributed by atoms with Crippen LogP contribution in [0.25, 0.3) is 0 Å². The fourth-order valence-electron chi connectivity index (χ4n) is 1.94. The smallest absolute Gasteiger partial charge is 0.196 e. The van der Waals surface area contributed by atoms with Crippen LogP contribution in [0.1, 0.15) is 36.2 Å². The molecule has 1 heterocycles. The van der Waals surface area contributed by atoms with Gasteiger partial charge in [-0.2, -0.15) is 0 Å². The lowest BCUT2D eigenvalue weighted by Gasteiger charge is -2.21. The molecule has 3 heteroatoms. The van der Waals surface area contributed by atoms with Gasteiger partial charge in [0.05, 0.1) is 0 Å². The fourth-order valence-corrected chi connectivity index (χ4v) is 1.94. The number of hydrogen-bond acceptors (Lipinski definition) is 3. The number of carbonyl (C=O) groups excluding carboxylic acids is 1. The summed E-state index contributed by atoms with van der Waals surface area (Å²) in [5.74, 6) is 2.17. The summed E-state index contributed by atoms with van der Waals surface area (Å²) >= 11 is 0. The maximum Gasteiger partial charge on any atom is 0.196 e. The van der Waals surface area contributed by atoms with Crippen LogP contribution < -0.4 is 4.90 Å². The molecule has 1 aromatic heterocycles. The predicted octanol–water partition coefficient (Wildman–Crippen LogP) is 2.47. The van der Waals surface area contributed by atoms with Gasteiger partial charge in [0.25, 0.3) is 0 Å². The molecule has 1 aromatic rings. The van der Waals surface area contributed by atoms with Crippen LogP contribution in [-0.2, 0) is 0 Å². The van der Waals surface area contributed by atoms with Crippen molar-refractivity contribution in [3.8, 4) is 0 Å². The highest BCUT2D eigenvalue weighted by atomic mass is 16.4. The molecule has 0 atom stereocenters. The molecule has 2 aliphatic rings. The van der Waals surface area contributed by atoms with Crippen molar-refractivity contribution >= 4 is 12.2 Å². The van der Waals surface area contributed by atoms with Gasteiger partial charge >= 0.3 is 0 Å². The first-order valence-corrected chi connectivity index (χ1v) is 5.68. The van der Waals surface area contributed by atoms with Crippen LogP contribution in [0.3, 0.4) is 0 Å². The average molecular weight is 205 g/mol. The number of furan rings is 1. The number of rotatable bonds is 5. The molecule has 15 heavy (non-hydrogen) atoms. The third-order valence-electron chi connectivity index (χ3n) is 3.15. The summed E-state index contributed by atoms with van der Waals surface area (Å²) in [5.41, 5.74) is 0. The number of carbonyl (C=O) groups is 1. The van der Waals surface area contributed by atoms with Crippen LogP contribution in [0.4, 0.5) is 5.88 Å². The molecule has 0 aromatic carbocycles. The highest BCUT2D eigenvalue weighted by Gasteiger charge is 2.35. The Morgan fingerprint density at radius 1 is 1.33 bits per heavy atom. The lowest BCUT2D eigenvalue weighted by Crippen LogP contribution is -2.27. The van der Waals surface area contributed by atoms with Gasteiger partial charge in [0.1, 0.15) is 0 Å². The average Bonchev–Trinajstić information content (AvgIpc) is 3.14. The number of aldehydes is 1. The zero-order valence-electron chi connectivity index (χ0n) is 8.69. The maximum atomic E-state index is 10.6. The van der Waals surface area contributed by atoms with Crippen molar-refractivity contribution in [3.05, 3.63) is 17.9 Å². The van der Waals surface area contributed by atoms with E-state index in [1.54, 1.807) is 6.07 Å². The van der Waals surface area contributed by atoms with Crippen LogP contribution in [0.15, 0.2) is 16.5 Å². The first-order valence-electron chi connectivity index (χ1n) is 5.68. The number of anilines is 1. The van der Waals surface area contributed by atoms with E-state index in [2.05, 4.69) is 4.90 Å². The first-order chi connectivity index (χ1) is 7.36. The van der Waals surface area contributed by atoms with Crippen LogP contribution in [0.2, 0.25) is 0 Å². The number of hydrogen-bond donors (Lipinski definition) is 0. The van der Waals surface area contributed by atoms with E-state index in [1.807, 2.05) is 6.07 Å². The van der Waals surface area contributed by atoms with Gasteiger partial charge in [0, 0.05) is 18.7 Å². The molecule has 3 rings (SSSR count). The Hall–Kier alpha value is -1.25. The molecule has 2 fully saturated rings. The van der Waals surface area contributed by atoms with E-state index in [1.165, 1.54) is 25.7 Å². The van der Waals surface area contributed by atoms with Crippen molar-refractivity contribution in [2.45, 2.75) is 31.7 Å². The van der Waals surface area contributed by atoms with Gasteiger partial charge in [-0.05, 0) is 37.7 Å². The van der Waals surface area contributed by atoms with Crippen molar-refractivity contribution in [2.75, 3.05) is 11.4 Å². The zero-order valence-corrected chi connectivity index (χ0v) is 8.69. The van der Waals surface area contributed by atoms with Crippen molar-refractivity contribution in [1.82, 2.24) is 0 Å². The van der Waals surface area contributed by atoms with Crippen LogP contribution in [0, 0.1) is 5.92 Å². The summed E-state index contributed by atoms with van der Waals surface area (Å²) in [5, 5.41) is 0. The summed E-state index contributed by atoms with van der Waals surface area (Å²) in [6.07, 6.45) is 6.01. The van der Waals surface area contributed by atoms with Gasteiger partial charge in [-0.1, -0.05) is 0 Å². The van der Waals surface area contributed by atoms with Crippen molar-refractivity contribution in [1.29, 1.82) is 0 Å². The molecular formula is C12H15NO2. The van der Waals surface area contributed by atoms with Crippen LogP contribution in [-0.4, -0.2) is 18.9 Å². The molecule has 0 saturated heterocycles. The van der Waals surface area contributed by atoms with Gasteiger partial charge in [0.2, 0.25) is 0 Å². The SMILES string of the molecule is O=Cc1ccc(N(CC2CC2)C2CC2)o1. The molecule has 0 bridgehead atoms. The molecule has 2 aliphatic carbocycles. The fraction of sp³-hybridized carbons (Fsp3) is 0.583.